The van der Waals surface area contributed by atoms with Crippen LogP contribution in [0.3, 0.4) is 0 Å². The Morgan fingerprint density at radius 3 is 1.90 bits per heavy atom. The number of Topliss-reactive ketones (excluding diaryl/α,β-unsaturated/α-hetero) is 1. The Morgan fingerprint density at radius 2 is 1.39 bits per heavy atom. The lowest BCUT2D eigenvalue weighted by Crippen LogP contribution is -2.29. The molecule has 0 aromatic heterocycles. The summed E-state index contributed by atoms with van der Waals surface area (Å²) in [6.07, 6.45) is 0. The van der Waals surface area contributed by atoms with E-state index in [2.05, 4.69) is 20.8 Å². The fraction of sp³-hybridized carbons (Fsp3) is 0.324. The van der Waals surface area contributed by atoms with Gasteiger partial charge in [0.2, 0.25) is 0 Å². The average molecular weight is 556 g/mol. The van der Waals surface area contributed by atoms with Crippen LogP contribution in [0.25, 0.3) is 5.76 Å². The number of esters is 1. The first-order valence-corrected chi connectivity index (χ1v) is 13.5. The quantitative estimate of drug-likeness (QED) is 0.163. The number of carbonyl (C=O) groups excluding carboxylic acids is 3. The summed E-state index contributed by atoms with van der Waals surface area (Å²) in [7, 11) is 2.88. The Bertz CT molecular complexity index is 1520. The van der Waals surface area contributed by atoms with E-state index in [4.69, 9.17) is 9.47 Å². The summed E-state index contributed by atoms with van der Waals surface area (Å²) < 4.78 is 10.3. The molecule has 41 heavy (non-hydrogen) atoms. The summed E-state index contributed by atoms with van der Waals surface area (Å²) in [5, 5.41) is 11.7. The van der Waals surface area contributed by atoms with Crippen molar-refractivity contribution in [2.75, 3.05) is 19.1 Å². The van der Waals surface area contributed by atoms with E-state index in [1.807, 2.05) is 45.0 Å². The van der Waals surface area contributed by atoms with E-state index in [0.717, 1.165) is 11.1 Å². The van der Waals surface area contributed by atoms with Crippen LogP contribution in [0.1, 0.15) is 80.2 Å². The highest BCUT2D eigenvalue weighted by Crippen LogP contribution is 2.43. The zero-order valence-corrected chi connectivity index (χ0v) is 24.9. The van der Waals surface area contributed by atoms with E-state index >= 15 is 0 Å². The van der Waals surface area contributed by atoms with Gasteiger partial charge in [0.25, 0.3) is 11.7 Å². The van der Waals surface area contributed by atoms with E-state index < -0.39 is 23.7 Å². The van der Waals surface area contributed by atoms with Gasteiger partial charge in [-0.1, -0.05) is 65.8 Å². The highest BCUT2D eigenvalue weighted by molar-refractivity contribution is 6.51. The maximum Gasteiger partial charge on any atom is 0.337 e. The molecule has 1 unspecified atom stereocenters. The van der Waals surface area contributed by atoms with Crippen LogP contribution in [0, 0.1) is 0 Å². The maximum atomic E-state index is 13.6. The summed E-state index contributed by atoms with van der Waals surface area (Å²) in [5.41, 5.74) is 3.31. The lowest BCUT2D eigenvalue weighted by Gasteiger charge is -2.27. The molecule has 1 aliphatic rings. The molecule has 3 aromatic carbocycles. The van der Waals surface area contributed by atoms with Gasteiger partial charge in [-0.2, -0.15) is 0 Å². The smallest absolute Gasteiger partial charge is 0.337 e. The molecule has 0 radical (unpaired) electrons. The Labute approximate surface area is 241 Å². The molecule has 0 spiro atoms. The molecule has 3 aromatic rings. The zero-order chi connectivity index (χ0) is 30.3. The third kappa shape index (κ3) is 5.62. The predicted octanol–water partition coefficient (Wildman–Crippen LogP) is 6.70. The molecule has 1 saturated heterocycles. The van der Waals surface area contributed by atoms with Crippen molar-refractivity contribution in [3.05, 3.63) is 100 Å². The topological polar surface area (TPSA) is 93.1 Å². The first kappa shape index (κ1) is 29.6. The van der Waals surface area contributed by atoms with Gasteiger partial charge in [0.1, 0.15) is 11.5 Å². The van der Waals surface area contributed by atoms with Gasteiger partial charge in [-0.05, 0) is 64.4 Å². The molecule has 1 atom stereocenters. The number of benzene rings is 3. The normalized spacial score (nSPS) is 17.1. The molecule has 1 aliphatic heterocycles. The molecule has 0 bridgehead atoms. The molecule has 1 fully saturated rings. The average Bonchev–Trinajstić information content (AvgIpc) is 3.21. The predicted molar refractivity (Wildman–Crippen MR) is 159 cm³/mol. The van der Waals surface area contributed by atoms with Crippen LogP contribution in [0.2, 0.25) is 0 Å². The molecule has 4 rings (SSSR count). The SMILES string of the molecule is COC(=O)c1ccc(N2C(=O)C(=O)/C(=C(\O)c3ccc(OC)c(C(C)(C)C)c3)C2c2ccc(C(C)(C)C)cc2)cc1. The van der Waals surface area contributed by atoms with Crippen molar-refractivity contribution in [2.45, 2.75) is 58.4 Å². The molecule has 7 nitrogen and oxygen atoms in total. The fourth-order valence-electron chi connectivity index (χ4n) is 5.05. The lowest BCUT2D eigenvalue weighted by atomic mass is 9.84. The second-order valence-corrected chi connectivity index (χ2v) is 12.2. The van der Waals surface area contributed by atoms with Crippen LogP contribution >= 0.6 is 0 Å². The summed E-state index contributed by atoms with van der Waals surface area (Å²) in [5.74, 6) is -1.68. The van der Waals surface area contributed by atoms with Crippen molar-refractivity contribution in [3.63, 3.8) is 0 Å². The number of aliphatic hydroxyl groups excluding tert-OH is 1. The maximum absolute atomic E-state index is 13.6. The van der Waals surface area contributed by atoms with Crippen LogP contribution in [0.4, 0.5) is 5.69 Å². The first-order chi connectivity index (χ1) is 19.2. The lowest BCUT2D eigenvalue weighted by molar-refractivity contribution is -0.132. The standard InChI is InChI=1S/C34H37NO6/c1-33(2,3)23-14-9-20(10-15-23)28-27(29(36)22-13-18-26(40-7)25(19-22)34(4,5)6)30(37)31(38)35(28)24-16-11-21(12-17-24)32(39)41-8/h9-19,28,36H,1-8H3/b29-27-. The number of nitrogens with zero attached hydrogens (tertiary/aromatic N) is 1. The van der Waals surface area contributed by atoms with E-state index in [9.17, 15) is 19.5 Å². The van der Waals surface area contributed by atoms with Crippen LogP contribution in [-0.2, 0) is 25.2 Å². The number of anilines is 1. The molecule has 7 heteroatoms. The number of carbonyl (C=O) groups is 3. The minimum atomic E-state index is -0.895. The Hall–Kier alpha value is -4.39. The van der Waals surface area contributed by atoms with Crippen LogP contribution in [0.15, 0.2) is 72.3 Å². The van der Waals surface area contributed by atoms with Gasteiger partial charge >= 0.3 is 5.97 Å². The molecular weight excluding hydrogens is 518 g/mol. The summed E-state index contributed by atoms with van der Waals surface area (Å²) >= 11 is 0. The number of ether oxygens (including phenoxy) is 2. The fourth-order valence-corrected chi connectivity index (χ4v) is 5.05. The van der Waals surface area contributed by atoms with Gasteiger partial charge in [0.05, 0.1) is 31.4 Å². The molecule has 214 valence electrons. The van der Waals surface area contributed by atoms with Crippen molar-refractivity contribution in [1.82, 2.24) is 0 Å². The Kier molecular flexibility index (Phi) is 7.85. The molecular formula is C34H37NO6. The molecule has 0 saturated carbocycles. The Balaban J connectivity index is 1.93. The molecule has 1 heterocycles. The molecule has 0 aliphatic carbocycles. The van der Waals surface area contributed by atoms with Crippen molar-refractivity contribution in [3.8, 4) is 5.75 Å². The minimum Gasteiger partial charge on any atom is -0.507 e. The largest absolute Gasteiger partial charge is 0.507 e. The van der Waals surface area contributed by atoms with E-state index in [1.165, 1.54) is 12.0 Å². The van der Waals surface area contributed by atoms with Crippen molar-refractivity contribution in [2.24, 2.45) is 0 Å². The van der Waals surface area contributed by atoms with Crippen molar-refractivity contribution in [1.29, 1.82) is 0 Å². The van der Waals surface area contributed by atoms with Gasteiger partial charge in [0.15, 0.2) is 0 Å². The summed E-state index contributed by atoms with van der Waals surface area (Å²) in [6, 6.07) is 18.3. The van der Waals surface area contributed by atoms with Crippen LogP contribution < -0.4 is 9.64 Å². The van der Waals surface area contributed by atoms with Gasteiger partial charge in [-0.3, -0.25) is 14.5 Å². The molecule has 1 amide bonds. The van der Waals surface area contributed by atoms with E-state index in [1.54, 1.807) is 49.6 Å². The molecule has 1 N–H and O–H groups in total. The minimum absolute atomic E-state index is 0.0134. The van der Waals surface area contributed by atoms with Crippen LogP contribution in [-0.4, -0.2) is 37.0 Å². The second kappa shape index (κ2) is 10.9. The van der Waals surface area contributed by atoms with Crippen LogP contribution in [0.5, 0.6) is 5.75 Å². The third-order valence-corrected chi connectivity index (χ3v) is 7.38. The monoisotopic (exact) mass is 555 g/mol. The summed E-state index contributed by atoms with van der Waals surface area (Å²) in [6.45, 7) is 12.4. The van der Waals surface area contributed by atoms with E-state index in [-0.39, 0.29) is 22.2 Å². The number of methoxy groups -OCH3 is 2. The van der Waals surface area contributed by atoms with Gasteiger partial charge in [-0.15, -0.1) is 0 Å². The number of ketones is 1. The van der Waals surface area contributed by atoms with Crippen molar-refractivity contribution >= 4 is 29.1 Å². The number of hydrogen-bond donors (Lipinski definition) is 1. The third-order valence-electron chi connectivity index (χ3n) is 7.38. The second-order valence-electron chi connectivity index (χ2n) is 12.2. The first-order valence-electron chi connectivity index (χ1n) is 13.5. The Morgan fingerprint density at radius 1 is 0.805 bits per heavy atom. The van der Waals surface area contributed by atoms with Gasteiger partial charge in [0, 0.05) is 16.8 Å². The highest BCUT2D eigenvalue weighted by atomic mass is 16.5. The number of aliphatic hydroxyl groups is 1. The van der Waals surface area contributed by atoms with Crippen molar-refractivity contribution < 1.29 is 29.0 Å². The number of amides is 1. The van der Waals surface area contributed by atoms with Gasteiger partial charge in [-0.25, -0.2) is 4.79 Å². The summed E-state index contributed by atoms with van der Waals surface area (Å²) in [4.78, 5) is 40.6. The van der Waals surface area contributed by atoms with E-state index in [0.29, 0.717) is 28.1 Å². The van der Waals surface area contributed by atoms with Gasteiger partial charge < -0.3 is 14.6 Å². The highest BCUT2D eigenvalue weighted by Gasteiger charge is 2.47. The number of rotatable bonds is 5. The number of hydrogen-bond acceptors (Lipinski definition) is 6. The zero-order valence-electron chi connectivity index (χ0n) is 24.9.